The molecule has 1 atom stereocenters. The Balaban J connectivity index is 2.34. The molecule has 2 aromatic rings. The highest BCUT2D eigenvalue weighted by molar-refractivity contribution is 9.10. The maximum atomic E-state index is 6.07. The topological polar surface area (TPSA) is 51.8 Å². The molecule has 2 heterocycles. The van der Waals surface area contributed by atoms with Crippen molar-refractivity contribution >= 4 is 27.3 Å². The molecule has 2 N–H and O–H groups in total. The van der Waals surface area contributed by atoms with Crippen LogP contribution < -0.4 is 5.73 Å². The van der Waals surface area contributed by atoms with Gasteiger partial charge in [-0.3, -0.25) is 0 Å². The van der Waals surface area contributed by atoms with Crippen LogP contribution >= 0.6 is 27.3 Å². The van der Waals surface area contributed by atoms with Crippen LogP contribution in [0.3, 0.4) is 0 Å². The number of hydrogen-bond donors (Lipinski definition) is 1. The summed E-state index contributed by atoms with van der Waals surface area (Å²) >= 11 is 5.08. The molecule has 0 radical (unpaired) electrons. The summed E-state index contributed by atoms with van der Waals surface area (Å²) in [7, 11) is 0. The standard InChI is InChI=1S/C9H8BrN3S/c10-8-5-14-4-7(8)9(11)6-1-2-12-13-3-6/h1-5,9H,11H2. The maximum Gasteiger partial charge on any atom is 0.0587 e. The van der Waals surface area contributed by atoms with Crippen molar-refractivity contribution in [2.75, 3.05) is 0 Å². The van der Waals surface area contributed by atoms with Crippen molar-refractivity contribution < 1.29 is 0 Å². The van der Waals surface area contributed by atoms with Gasteiger partial charge < -0.3 is 5.73 Å². The molecule has 0 aliphatic rings. The lowest BCUT2D eigenvalue weighted by Gasteiger charge is -2.09. The van der Waals surface area contributed by atoms with E-state index in [9.17, 15) is 0 Å². The second-order valence-corrected chi connectivity index (χ2v) is 4.43. The van der Waals surface area contributed by atoms with E-state index < -0.39 is 0 Å². The molecule has 0 spiro atoms. The summed E-state index contributed by atoms with van der Waals surface area (Å²) in [6, 6.07) is 1.74. The van der Waals surface area contributed by atoms with E-state index in [-0.39, 0.29) is 6.04 Å². The molecule has 0 aliphatic carbocycles. The van der Waals surface area contributed by atoms with Crippen molar-refractivity contribution in [3.05, 3.63) is 44.8 Å². The molecule has 0 aliphatic heterocycles. The van der Waals surface area contributed by atoms with Gasteiger partial charge in [-0.1, -0.05) is 0 Å². The highest BCUT2D eigenvalue weighted by Gasteiger charge is 2.12. The molecule has 0 saturated carbocycles. The first kappa shape index (κ1) is 9.76. The Hall–Kier alpha value is -0.780. The maximum absolute atomic E-state index is 6.07. The Morgan fingerprint density at radius 1 is 1.36 bits per heavy atom. The van der Waals surface area contributed by atoms with Crippen LogP contribution in [0.2, 0.25) is 0 Å². The molecular weight excluding hydrogens is 262 g/mol. The summed E-state index contributed by atoms with van der Waals surface area (Å²) < 4.78 is 1.05. The van der Waals surface area contributed by atoms with Gasteiger partial charge in [-0.2, -0.15) is 21.5 Å². The number of halogens is 1. The second kappa shape index (κ2) is 4.16. The van der Waals surface area contributed by atoms with Crippen molar-refractivity contribution in [1.29, 1.82) is 0 Å². The monoisotopic (exact) mass is 269 g/mol. The van der Waals surface area contributed by atoms with Crippen LogP contribution in [-0.2, 0) is 0 Å². The Morgan fingerprint density at radius 2 is 2.21 bits per heavy atom. The van der Waals surface area contributed by atoms with Crippen LogP contribution in [0.15, 0.2) is 33.7 Å². The van der Waals surface area contributed by atoms with Gasteiger partial charge in [-0.15, -0.1) is 0 Å². The van der Waals surface area contributed by atoms with E-state index in [0.29, 0.717) is 0 Å². The first-order valence-corrected chi connectivity index (χ1v) is 5.76. The highest BCUT2D eigenvalue weighted by Crippen LogP contribution is 2.29. The fourth-order valence-electron chi connectivity index (χ4n) is 1.18. The van der Waals surface area contributed by atoms with Crippen LogP contribution in [0.1, 0.15) is 17.2 Å². The molecule has 2 rings (SSSR count). The van der Waals surface area contributed by atoms with Gasteiger partial charge in [0.1, 0.15) is 0 Å². The van der Waals surface area contributed by atoms with Crippen molar-refractivity contribution in [1.82, 2.24) is 10.2 Å². The fourth-order valence-corrected chi connectivity index (χ4v) is 2.76. The SMILES string of the molecule is NC(c1ccnnc1)c1cscc1Br. The Morgan fingerprint density at radius 3 is 2.79 bits per heavy atom. The number of rotatable bonds is 2. The molecule has 0 fully saturated rings. The quantitative estimate of drug-likeness (QED) is 0.911. The first-order valence-electron chi connectivity index (χ1n) is 4.03. The molecule has 14 heavy (non-hydrogen) atoms. The largest absolute Gasteiger partial charge is 0.320 e. The molecule has 0 bridgehead atoms. The minimum Gasteiger partial charge on any atom is -0.320 e. The number of hydrogen-bond acceptors (Lipinski definition) is 4. The lowest BCUT2D eigenvalue weighted by Crippen LogP contribution is -2.11. The summed E-state index contributed by atoms with van der Waals surface area (Å²) in [6.07, 6.45) is 3.34. The molecule has 2 aromatic heterocycles. The summed E-state index contributed by atoms with van der Waals surface area (Å²) in [5, 5.41) is 11.6. The predicted octanol–water partition coefficient (Wildman–Crippen LogP) is 2.35. The predicted molar refractivity (Wildman–Crippen MR) is 60.1 cm³/mol. The molecule has 0 aromatic carbocycles. The minimum absolute atomic E-state index is 0.133. The first-order chi connectivity index (χ1) is 6.79. The molecule has 5 heteroatoms. The van der Waals surface area contributed by atoms with Gasteiger partial charge in [0.15, 0.2) is 0 Å². The van der Waals surface area contributed by atoms with Crippen molar-refractivity contribution in [3.8, 4) is 0 Å². The molecule has 3 nitrogen and oxygen atoms in total. The van der Waals surface area contributed by atoms with Gasteiger partial charge in [-0.25, -0.2) is 0 Å². The Bertz CT molecular complexity index is 415. The van der Waals surface area contributed by atoms with Crippen LogP contribution in [0.25, 0.3) is 0 Å². The average Bonchev–Trinajstić information content (AvgIpc) is 2.65. The van der Waals surface area contributed by atoms with E-state index in [1.807, 2.05) is 16.8 Å². The van der Waals surface area contributed by atoms with Crippen LogP contribution in [-0.4, -0.2) is 10.2 Å². The zero-order chi connectivity index (χ0) is 9.97. The van der Waals surface area contributed by atoms with Gasteiger partial charge >= 0.3 is 0 Å². The minimum atomic E-state index is -0.133. The van der Waals surface area contributed by atoms with Gasteiger partial charge in [0, 0.05) is 16.0 Å². The van der Waals surface area contributed by atoms with Crippen molar-refractivity contribution in [2.45, 2.75) is 6.04 Å². The van der Waals surface area contributed by atoms with Crippen molar-refractivity contribution in [3.63, 3.8) is 0 Å². The van der Waals surface area contributed by atoms with E-state index in [1.165, 1.54) is 0 Å². The van der Waals surface area contributed by atoms with E-state index in [0.717, 1.165) is 15.6 Å². The van der Waals surface area contributed by atoms with Gasteiger partial charge in [0.2, 0.25) is 0 Å². The third-order valence-electron chi connectivity index (χ3n) is 1.94. The summed E-state index contributed by atoms with van der Waals surface area (Å²) in [5.41, 5.74) is 8.13. The molecule has 1 unspecified atom stereocenters. The van der Waals surface area contributed by atoms with Gasteiger partial charge in [0.25, 0.3) is 0 Å². The van der Waals surface area contributed by atoms with E-state index in [2.05, 4.69) is 26.1 Å². The zero-order valence-electron chi connectivity index (χ0n) is 7.22. The Labute approximate surface area is 94.1 Å². The smallest absolute Gasteiger partial charge is 0.0587 e. The number of thiophene rings is 1. The lowest BCUT2D eigenvalue weighted by molar-refractivity contribution is 0.846. The molecule has 72 valence electrons. The number of aromatic nitrogens is 2. The molecule has 0 amide bonds. The van der Waals surface area contributed by atoms with Crippen LogP contribution in [0.5, 0.6) is 0 Å². The normalized spacial score (nSPS) is 12.7. The highest BCUT2D eigenvalue weighted by atomic mass is 79.9. The fraction of sp³-hybridized carbons (Fsp3) is 0.111. The van der Waals surface area contributed by atoms with E-state index >= 15 is 0 Å². The summed E-state index contributed by atoms with van der Waals surface area (Å²) in [5.74, 6) is 0. The van der Waals surface area contributed by atoms with Gasteiger partial charge in [-0.05, 0) is 38.5 Å². The third-order valence-corrected chi connectivity index (χ3v) is 3.70. The molecule has 0 saturated heterocycles. The summed E-state index contributed by atoms with van der Waals surface area (Å²) in [6.45, 7) is 0. The zero-order valence-corrected chi connectivity index (χ0v) is 9.62. The second-order valence-electron chi connectivity index (χ2n) is 2.83. The molecular formula is C9H8BrN3S. The van der Waals surface area contributed by atoms with Gasteiger partial charge in [0.05, 0.1) is 12.2 Å². The Kier molecular flexibility index (Phi) is 2.90. The lowest BCUT2D eigenvalue weighted by atomic mass is 10.1. The number of nitrogens with zero attached hydrogens (tertiary/aromatic N) is 2. The van der Waals surface area contributed by atoms with Crippen LogP contribution in [0, 0.1) is 0 Å². The van der Waals surface area contributed by atoms with Crippen molar-refractivity contribution in [2.24, 2.45) is 5.73 Å². The van der Waals surface area contributed by atoms with E-state index in [4.69, 9.17) is 5.73 Å². The third kappa shape index (κ3) is 1.84. The number of nitrogens with two attached hydrogens (primary N) is 1. The average molecular weight is 270 g/mol. The van der Waals surface area contributed by atoms with E-state index in [1.54, 1.807) is 23.7 Å². The summed E-state index contributed by atoms with van der Waals surface area (Å²) in [4.78, 5) is 0. The van der Waals surface area contributed by atoms with Crippen LogP contribution in [0.4, 0.5) is 0 Å².